The number of hydrogen-bond donors (Lipinski definition) is 1. The molecule has 6 nitrogen and oxygen atoms in total. The van der Waals surface area contributed by atoms with Gasteiger partial charge in [0, 0.05) is 19.7 Å². The zero-order valence-electron chi connectivity index (χ0n) is 16.3. The van der Waals surface area contributed by atoms with E-state index in [0.29, 0.717) is 12.8 Å². The molecule has 1 amide bonds. The van der Waals surface area contributed by atoms with E-state index in [1.165, 1.54) is 19.2 Å². The minimum Gasteiger partial charge on any atom is -0.396 e. The number of carbonyl (C=O) groups excluding carboxylic acids is 1. The molecule has 1 atom stereocenters. The first-order chi connectivity index (χ1) is 13.9. The van der Waals surface area contributed by atoms with Gasteiger partial charge in [-0.1, -0.05) is 30.3 Å². The molecule has 0 fully saturated rings. The Balaban J connectivity index is 2.16. The first-order valence-electron chi connectivity index (χ1n) is 9.23. The number of rotatable bonds is 7. The van der Waals surface area contributed by atoms with Crippen molar-refractivity contribution in [2.75, 3.05) is 32.3 Å². The van der Waals surface area contributed by atoms with Crippen molar-refractivity contribution in [2.24, 2.45) is 5.10 Å². The van der Waals surface area contributed by atoms with Crippen LogP contribution in [0.5, 0.6) is 0 Å². The maximum atomic E-state index is 14.4. The molecule has 2 aromatic rings. The Hall–Kier alpha value is -2.84. The van der Waals surface area contributed by atoms with E-state index in [0.717, 1.165) is 28.8 Å². The highest BCUT2D eigenvalue weighted by atomic mass is 19.1. The molecule has 29 heavy (non-hydrogen) atoms. The molecule has 1 aliphatic heterocycles. The summed E-state index contributed by atoms with van der Waals surface area (Å²) in [5.74, 6) is -1.74. The Bertz CT molecular complexity index is 907. The molecular weight excluding hydrogens is 380 g/mol. The normalized spacial score (nSPS) is 18.7. The monoisotopic (exact) mass is 403 g/mol. The molecule has 3 rings (SSSR count). The Labute approximate surface area is 168 Å². The SMILES string of the molecule is CON(C)C(=O)C1=NN(c2cc(F)ccc2F)CC1(CCCO)c1ccccc1. The molecule has 0 saturated carbocycles. The maximum Gasteiger partial charge on any atom is 0.294 e. The van der Waals surface area contributed by atoms with Crippen molar-refractivity contribution in [3.63, 3.8) is 0 Å². The number of hydrazone groups is 1. The minimum absolute atomic E-state index is 0.0582. The summed E-state index contributed by atoms with van der Waals surface area (Å²) in [6.07, 6.45) is 0.792. The molecule has 0 saturated heterocycles. The van der Waals surface area contributed by atoms with Crippen LogP contribution >= 0.6 is 0 Å². The lowest BCUT2D eigenvalue weighted by molar-refractivity contribution is -0.160. The van der Waals surface area contributed by atoms with Gasteiger partial charge in [-0.15, -0.1) is 0 Å². The number of hydroxylamine groups is 2. The fourth-order valence-corrected chi connectivity index (χ4v) is 3.59. The van der Waals surface area contributed by atoms with Crippen LogP contribution in [-0.4, -0.2) is 49.1 Å². The van der Waals surface area contributed by atoms with Gasteiger partial charge in [-0.2, -0.15) is 5.10 Å². The van der Waals surface area contributed by atoms with Crippen LogP contribution in [0.1, 0.15) is 18.4 Å². The van der Waals surface area contributed by atoms with Crippen LogP contribution in [0.4, 0.5) is 14.5 Å². The Kier molecular flexibility index (Phi) is 6.24. The van der Waals surface area contributed by atoms with Gasteiger partial charge in [0.15, 0.2) is 0 Å². The number of aliphatic hydroxyl groups is 1. The van der Waals surface area contributed by atoms with Crippen LogP contribution in [0.25, 0.3) is 0 Å². The van der Waals surface area contributed by atoms with Crippen LogP contribution in [0.3, 0.4) is 0 Å². The molecule has 1 heterocycles. The second-order valence-electron chi connectivity index (χ2n) is 6.86. The fraction of sp³-hybridized carbons (Fsp3) is 0.333. The van der Waals surface area contributed by atoms with Gasteiger partial charge >= 0.3 is 0 Å². The van der Waals surface area contributed by atoms with E-state index in [1.54, 1.807) is 0 Å². The summed E-state index contributed by atoms with van der Waals surface area (Å²) in [4.78, 5) is 18.1. The number of anilines is 1. The van der Waals surface area contributed by atoms with Crippen LogP contribution < -0.4 is 5.01 Å². The van der Waals surface area contributed by atoms with Gasteiger partial charge in [-0.25, -0.2) is 13.8 Å². The van der Waals surface area contributed by atoms with Crippen molar-refractivity contribution in [1.82, 2.24) is 5.06 Å². The van der Waals surface area contributed by atoms with Gasteiger partial charge in [0.25, 0.3) is 5.91 Å². The molecule has 1 aliphatic rings. The average molecular weight is 403 g/mol. The predicted molar refractivity (Wildman–Crippen MR) is 105 cm³/mol. The molecule has 0 radical (unpaired) electrons. The van der Waals surface area contributed by atoms with Crippen molar-refractivity contribution in [2.45, 2.75) is 18.3 Å². The minimum atomic E-state index is -0.924. The van der Waals surface area contributed by atoms with Gasteiger partial charge in [-0.3, -0.25) is 14.6 Å². The molecule has 154 valence electrons. The lowest BCUT2D eigenvalue weighted by Crippen LogP contribution is -2.46. The quantitative estimate of drug-likeness (QED) is 0.722. The van der Waals surface area contributed by atoms with Crippen molar-refractivity contribution >= 4 is 17.3 Å². The molecule has 0 aliphatic carbocycles. The topological polar surface area (TPSA) is 65.4 Å². The van der Waals surface area contributed by atoms with Crippen LogP contribution in [0.2, 0.25) is 0 Å². The standard InChI is InChI=1S/C21H23F2N3O3/c1-25(29-2)20(28)19-21(11-6-12-27,15-7-4-3-5-8-15)14-26(24-19)18-13-16(22)9-10-17(18)23/h3-5,7-10,13,27H,6,11-12,14H2,1-2H3. The Morgan fingerprint density at radius 1 is 1.28 bits per heavy atom. The summed E-state index contributed by atoms with van der Waals surface area (Å²) in [6.45, 7) is 0.0422. The van der Waals surface area contributed by atoms with E-state index < -0.39 is 23.0 Å². The zero-order chi connectivity index (χ0) is 21.0. The number of carbonyl (C=O) groups is 1. The zero-order valence-corrected chi connectivity index (χ0v) is 16.3. The van der Waals surface area contributed by atoms with E-state index in [1.807, 2.05) is 30.3 Å². The van der Waals surface area contributed by atoms with Crippen LogP contribution in [0, 0.1) is 11.6 Å². The molecule has 8 heteroatoms. The summed E-state index contributed by atoms with van der Waals surface area (Å²) in [6, 6.07) is 12.3. The van der Waals surface area contributed by atoms with Gasteiger partial charge in [-0.05, 0) is 30.5 Å². The molecule has 0 aromatic heterocycles. The van der Waals surface area contributed by atoms with Gasteiger partial charge in [0.1, 0.15) is 17.3 Å². The van der Waals surface area contributed by atoms with E-state index in [2.05, 4.69) is 5.10 Å². The number of nitrogens with zero attached hydrogens (tertiary/aromatic N) is 3. The van der Waals surface area contributed by atoms with Gasteiger partial charge in [0.2, 0.25) is 0 Å². The Morgan fingerprint density at radius 2 is 2.00 bits per heavy atom. The third-order valence-electron chi connectivity index (χ3n) is 5.13. The molecule has 2 aromatic carbocycles. The van der Waals surface area contributed by atoms with Crippen molar-refractivity contribution in [3.05, 3.63) is 65.7 Å². The lowest BCUT2D eigenvalue weighted by atomic mass is 9.73. The van der Waals surface area contributed by atoms with E-state index in [9.17, 15) is 18.7 Å². The van der Waals surface area contributed by atoms with E-state index in [4.69, 9.17) is 4.84 Å². The number of hydrogen-bond acceptors (Lipinski definition) is 5. The molecule has 1 unspecified atom stereocenters. The van der Waals surface area contributed by atoms with E-state index in [-0.39, 0.29) is 24.6 Å². The summed E-state index contributed by atoms with van der Waals surface area (Å²) in [7, 11) is 2.81. The molecule has 0 bridgehead atoms. The number of halogens is 2. The highest BCUT2D eigenvalue weighted by Gasteiger charge is 2.48. The van der Waals surface area contributed by atoms with Crippen molar-refractivity contribution in [1.29, 1.82) is 0 Å². The molecule has 0 spiro atoms. The highest BCUT2D eigenvalue weighted by molar-refractivity contribution is 6.43. The fourth-order valence-electron chi connectivity index (χ4n) is 3.59. The number of benzene rings is 2. The van der Waals surface area contributed by atoms with Crippen molar-refractivity contribution < 1.29 is 23.5 Å². The third-order valence-corrected chi connectivity index (χ3v) is 5.13. The average Bonchev–Trinajstić information content (AvgIpc) is 3.14. The van der Waals surface area contributed by atoms with Crippen LogP contribution in [-0.2, 0) is 15.0 Å². The highest BCUT2D eigenvalue weighted by Crippen LogP contribution is 2.40. The number of amides is 1. The first-order valence-corrected chi connectivity index (χ1v) is 9.23. The number of aliphatic hydroxyl groups excluding tert-OH is 1. The third kappa shape index (κ3) is 3.99. The summed E-state index contributed by atoms with van der Waals surface area (Å²) >= 11 is 0. The van der Waals surface area contributed by atoms with Gasteiger partial charge < -0.3 is 5.11 Å². The van der Waals surface area contributed by atoms with Crippen molar-refractivity contribution in [3.8, 4) is 0 Å². The predicted octanol–water partition coefficient (Wildman–Crippen LogP) is 2.87. The first kappa shape index (κ1) is 20.9. The molecule has 1 N–H and O–H groups in total. The second-order valence-corrected chi connectivity index (χ2v) is 6.86. The smallest absolute Gasteiger partial charge is 0.294 e. The molecular formula is C21H23F2N3O3. The second kappa shape index (κ2) is 8.67. The van der Waals surface area contributed by atoms with Gasteiger partial charge in [0.05, 0.1) is 24.8 Å². The van der Waals surface area contributed by atoms with Crippen LogP contribution in [0.15, 0.2) is 53.6 Å². The largest absolute Gasteiger partial charge is 0.396 e. The lowest BCUT2D eigenvalue weighted by Gasteiger charge is -2.32. The summed E-state index contributed by atoms with van der Waals surface area (Å²) < 4.78 is 28.2. The van der Waals surface area contributed by atoms with E-state index >= 15 is 0 Å². The summed E-state index contributed by atoms with van der Waals surface area (Å²) in [5, 5.41) is 16.2. The summed E-state index contributed by atoms with van der Waals surface area (Å²) in [5.41, 5.74) is -0.0428. The Morgan fingerprint density at radius 3 is 2.66 bits per heavy atom. The maximum absolute atomic E-state index is 14.4.